The maximum absolute atomic E-state index is 8.78. The molecule has 0 saturated carbocycles. The van der Waals surface area contributed by atoms with Gasteiger partial charge in [-0.25, -0.2) is 4.79 Å². The van der Waals surface area contributed by atoms with E-state index in [-0.39, 0.29) is 0 Å². The molecule has 0 aromatic heterocycles. The Morgan fingerprint density at radius 2 is 2.20 bits per heavy atom. The van der Waals surface area contributed by atoms with Crippen LogP contribution >= 0.6 is 0 Å². The second-order valence-corrected chi connectivity index (χ2v) is 1.92. The van der Waals surface area contributed by atoms with Gasteiger partial charge in [-0.3, -0.25) is 4.99 Å². The smallest absolute Gasteiger partial charge is 0.402 e. The fourth-order valence-corrected chi connectivity index (χ4v) is 0.621. The molecule has 0 aromatic rings. The van der Waals surface area contributed by atoms with E-state index in [1.165, 1.54) is 19.3 Å². The van der Waals surface area contributed by atoms with Crippen LogP contribution in [0.3, 0.4) is 0 Å². The lowest BCUT2D eigenvalue weighted by Gasteiger charge is -1.97. The number of hydrogen-bond acceptors (Lipinski definition) is 2. The largest absolute Gasteiger partial charge is 0.465 e. The fourth-order valence-electron chi connectivity index (χ4n) is 0.621. The molecule has 1 heterocycles. The summed E-state index contributed by atoms with van der Waals surface area (Å²) in [7, 11) is 0. The number of primary amides is 1. The average molecular weight is 144 g/mol. The van der Waals surface area contributed by atoms with Crippen LogP contribution in [0.2, 0.25) is 0 Å². The Bertz CT molecular complexity index is 111. The Balaban J connectivity index is 0.000000180. The first kappa shape index (κ1) is 8.94. The van der Waals surface area contributed by atoms with Gasteiger partial charge in [0.25, 0.3) is 0 Å². The Labute approximate surface area is 59.8 Å². The zero-order valence-corrected chi connectivity index (χ0v) is 5.79. The van der Waals surface area contributed by atoms with E-state index in [9.17, 15) is 0 Å². The van der Waals surface area contributed by atoms with Crippen molar-refractivity contribution in [3.63, 3.8) is 0 Å². The molecule has 1 aliphatic heterocycles. The summed E-state index contributed by atoms with van der Waals surface area (Å²) >= 11 is 0. The molecule has 0 aromatic carbocycles. The molecule has 0 fully saturated rings. The quantitative estimate of drug-likeness (QED) is 0.529. The highest BCUT2D eigenvalue weighted by Crippen LogP contribution is 1.97. The summed E-state index contributed by atoms with van der Waals surface area (Å²) < 4.78 is 0. The zero-order chi connectivity index (χ0) is 7.82. The molecule has 0 atom stereocenters. The number of aliphatic imine (C=N–C) groups is 1. The molecule has 0 bridgehead atoms. The second kappa shape index (κ2) is 6.07. The molecule has 58 valence electrons. The molecule has 0 radical (unpaired) electrons. The van der Waals surface area contributed by atoms with E-state index in [4.69, 9.17) is 9.90 Å². The molecule has 0 unspecified atom stereocenters. The highest BCUT2D eigenvalue weighted by Gasteiger charge is 1.88. The van der Waals surface area contributed by atoms with Gasteiger partial charge < -0.3 is 10.8 Å². The van der Waals surface area contributed by atoms with Crippen LogP contribution in [0.4, 0.5) is 4.79 Å². The van der Waals surface area contributed by atoms with Gasteiger partial charge in [-0.2, -0.15) is 0 Å². The molecule has 0 saturated heterocycles. The number of amides is 1. The first-order valence-electron chi connectivity index (χ1n) is 3.20. The molecule has 1 amide bonds. The fraction of sp³-hybridized carbons (Fsp3) is 0.667. The zero-order valence-electron chi connectivity index (χ0n) is 5.79. The van der Waals surface area contributed by atoms with Crippen molar-refractivity contribution in [1.82, 2.24) is 0 Å². The molecule has 1 rings (SSSR count). The minimum atomic E-state index is -1.33. The molecular weight excluding hydrogens is 132 g/mol. The van der Waals surface area contributed by atoms with E-state index in [1.54, 1.807) is 0 Å². The lowest BCUT2D eigenvalue weighted by atomic mass is 10.2. The first-order chi connectivity index (χ1) is 4.73. The highest BCUT2D eigenvalue weighted by atomic mass is 16.4. The maximum atomic E-state index is 8.78. The molecule has 4 heteroatoms. The summed E-state index contributed by atoms with van der Waals surface area (Å²) in [5, 5.41) is 7.19. The topological polar surface area (TPSA) is 75.7 Å². The van der Waals surface area contributed by atoms with E-state index in [1.807, 2.05) is 6.21 Å². The van der Waals surface area contributed by atoms with Gasteiger partial charge in [-0.15, -0.1) is 0 Å². The van der Waals surface area contributed by atoms with Gasteiger partial charge in [0.2, 0.25) is 0 Å². The van der Waals surface area contributed by atoms with Crippen LogP contribution in [0.15, 0.2) is 4.99 Å². The summed E-state index contributed by atoms with van der Waals surface area (Å²) in [5.41, 5.74) is 4.03. The third-order valence-electron chi connectivity index (χ3n) is 1.000. The van der Waals surface area contributed by atoms with E-state index in [0.29, 0.717) is 0 Å². The van der Waals surface area contributed by atoms with Gasteiger partial charge in [0.1, 0.15) is 0 Å². The van der Waals surface area contributed by atoms with E-state index < -0.39 is 6.09 Å². The summed E-state index contributed by atoms with van der Waals surface area (Å²) in [4.78, 5) is 12.8. The van der Waals surface area contributed by atoms with Crippen molar-refractivity contribution >= 4 is 12.3 Å². The monoisotopic (exact) mass is 144 g/mol. The Kier molecular flexibility index (Phi) is 5.42. The number of carbonyl (C=O) groups is 1. The number of hydrogen-bond donors (Lipinski definition) is 2. The van der Waals surface area contributed by atoms with Gasteiger partial charge in [0.15, 0.2) is 0 Å². The normalized spacial score (nSPS) is 15.2. The lowest BCUT2D eigenvalue weighted by molar-refractivity contribution is 0.205. The lowest BCUT2D eigenvalue weighted by Crippen LogP contribution is -2.03. The number of nitrogens with zero attached hydrogens (tertiary/aromatic N) is 1. The van der Waals surface area contributed by atoms with Gasteiger partial charge in [-0.1, -0.05) is 0 Å². The van der Waals surface area contributed by atoms with Crippen molar-refractivity contribution in [1.29, 1.82) is 0 Å². The summed E-state index contributed by atoms with van der Waals surface area (Å²) in [6, 6.07) is 0. The van der Waals surface area contributed by atoms with Crippen molar-refractivity contribution in [2.45, 2.75) is 19.3 Å². The minimum Gasteiger partial charge on any atom is -0.465 e. The predicted octanol–water partition coefficient (Wildman–Crippen LogP) is 0.864. The predicted molar refractivity (Wildman–Crippen MR) is 39.4 cm³/mol. The van der Waals surface area contributed by atoms with Crippen LogP contribution < -0.4 is 5.73 Å². The van der Waals surface area contributed by atoms with E-state index >= 15 is 0 Å². The van der Waals surface area contributed by atoms with Crippen molar-refractivity contribution in [2.24, 2.45) is 10.7 Å². The number of nitrogens with two attached hydrogens (primary N) is 1. The maximum Gasteiger partial charge on any atom is 0.402 e. The Morgan fingerprint density at radius 1 is 1.60 bits per heavy atom. The van der Waals surface area contributed by atoms with E-state index in [2.05, 4.69) is 10.7 Å². The van der Waals surface area contributed by atoms with Gasteiger partial charge in [-0.05, 0) is 25.5 Å². The first-order valence-corrected chi connectivity index (χ1v) is 3.20. The molecule has 1 aliphatic rings. The summed E-state index contributed by atoms with van der Waals surface area (Å²) in [6.45, 7) is 1.07. The van der Waals surface area contributed by atoms with Crippen molar-refractivity contribution in [2.75, 3.05) is 6.54 Å². The Morgan fingerprint density at radius 3 is 2.30 bits per heavy atom. The third-order valence-corrected chi connectivity index (χ3v) is 1.000. The third kappa shape index (κ3) is 10.0. The Hall–Kier alpha value is -1.06. The summed E-state index contributed by atoms with van der Waals surface area (Å²) in [5.74, 6) is 0. The van der Waals surface area contributed by atoms with Crippen LogP contribution in [0, 0.1) is 0 Å². The van der Waals surface area contributed by atoms with E-state index in [0.717, 1.165) is 6.54 Å². The highest BCUT2D eigenvalue weighted by molar-refractivity contribution is 5.61. The second-order valence-electron chi connectivity index (χ2n) is 1.92. The van der Waals surface area contributed by atoms with Crippen molar-refractivity contribution < 1.29 is 9.90 Å². The molecule has 3 N–H and O–H groups in total. The van der Waals surface area contributed by atoms with Crippen molar-refractivity contribution in [3.8, 4) is 0 Å². The van der Waals surface area contributed by atoms with Gasteiger partial charge in [0, 0.05) is 6.54 Å². The van der Waals surface area contributed by atoms with Crippen LogP contribution in [0.5, 0.6) is 0 Å². The van der Waals surface area contributed by atoms with Gasteiger partial charge >= 0.3 is 6.09 Å². The minimum absolute atomic E-state index is 1.07. The van der Waals surface area contributed by atoms with Crippen LogP contribution in [0.25, 0.3) is 0 Å². The molecule has 0 aliphatic carbocycles. The number of rotatable bonds is 0. The SMILES string of the molecule is C1=NCCCC1.NC(=O)O. The summed E-state index contributed by atoms with van der Waals surface area (Å²) in [6.07, 6.45) is 4.55. The molecule has 0 spiro atoms. The van der Waals surface area contributed by atoms with Crippen LogP contribution in [-0.4, -0.2) is 24.0 Å². The number of carboxylic acid groups (broad SMARTS) is 1. The van der Waals surface area contributed by atoms with Crippen molar-refractivity contribution in [3.05, 3.63) is 0 Å². The van der Waals surface area contributed by atoms with Crippen LogP contribution in [-0.2, 0) is 0 Å². The van der Waals surface area contributed by atoms with Gasteiger partial charge in [0.05, 0.1) is 0 Å². The van der Waals surface area contributed by atoms with Crippen LogP contribution in [0.1, 0.15) is 19.3 Å². The molecule has 4 nitrogen and oxygen atoms in total. The molecular formula is C6H12N2O2. The molecule has 10 heavy (non-hydrogen) atoms. The standard InChI is InChI=1S/C5H9N.CH3NO2/c1-2-4-6-5-3-1;2-1(3)4/h4H,1-3,5H2;2H2,(H,3,4). The average Bonchev–Trinajstić information content (AvgIpc) is 1.90.